The maximum absolute atomic E-state index is 7.28. The van der Waals surface area contributed by atoms with Gasteiger partial charge in [-0.1, -0.05) is 287 Å². The average molecular weight is 1320 g/mol. The quantitative estimate of drug-likeness (QED) is 0.151. The van der Waals surface area contributed by atoms with Crippen molar-refractivity contribution in [2.24, 2.45) is 0 Å². The van der Waals surface area contributed by atoms with E-state index in [-0.39, 0.29) is 5.41 Å². The predicted molar refractivity (Wildman–Crippen MR) is 413 cm³/mol. The van der Waals surface area contributed by atoms with E-state index in [4.69, 9.17) is 29.4 Å². The van der Waals surface area contributed by atoms with Gasteiger partial charge in [-0.25, -0.2) is 19.9 Å². The van der Waals surface area contributed by atoms with Crippen LogP contribution in [0.15, 0.2) is 340 Å². The molecule has 0 N–H and O–H groups in total. The molecule has 103 heavy (non-hydrogen) atoms. The predicted octanol–water partition coefficient (Wildman–Crippen LogP) is 23.8. The van der Waals surface area contributed by atoms with E-state index in [9.17, 15) is 0 Å². The lowest BCUT2D eigenvalue weighted by atomic mass is 9.65. The summed E-state index contributed by atoms with van der Waals surface area (Å²) in [6.07, 6.45) is 0. The largest absolute Gasteiger partial charge is 0.457 e. The Morgan fingerprint density at radius 1 is 0.194 bits per heavy atom. The van der Waals surface area contributed by atoms with Gasteiger partial charge in [-0.15, -0.1) is 0 Å². The number of ether oxygens (including phenoxy) is 2. The lowest BCUT2D eigenvalue weighted by molar-refractivity contribution is 0.436. The van der Waals surface area contributed by atoms with Crippen molar-refractivity contribution in [3.8, 4) is 146 Å². The molecule has 0 saturated heterocycles. The maximum atomic E-state index is 7.28. The lowest BCUT2D eigenvalue weighted by Gasteiger charge is -2.40. The maximum Gasteiger partial charge on any atom is 0.160 e. The van der Waals surface area contributed by atoms with Crippen molar-refractivity contribution in [1.82, 2.24) is 19.9 Å². The number of aromatic nitrogens is 4. The van der Waals surface area contributed by atoms with E-state index >= 15 is 0 Å². The minimum absolute atomic E-state index is 0.316. The van der Waals surface area contributed by atoms with Crippen molar-refractivity contribution in [2.75, 3.05) is 0 Å². The number of para-hydroxylation sites is 1. The molecule has 14 aromatic carbocycles. The zero-order valence-corrected chi connectivity index (χ0v) is 56.4. The van der Waals surface area contributed by atoms with Crippen LogP contribution in [0.25, 0.3) is 123 Å². The zero-order chi connectivity index (χ0) is 68.1. The summed E-state index contributed by atoms with van der Waals surface area (Å²) in [5, 5.41) is 0. The van der Waals surface area contributed by atoms with E-state index in [0.29, 0.717) is 11.6 Å². The van der Waals surface area contributed by atoms with Gasteiger partial charge in [0.05, 0.1) is 33.6 Å². The van der Waals surface area contributed by atoms with E-state index in [1.165, 1.54) is 66.8 Å². The van der Waals surface area contributed by atoms with Crippen molar-refractivity contribution in [3.63, 3.8) is 0 Å². The van der Waals surface area contributed by atoms with E-state index in [0.717, 1.165) is 124 Å². The Morgan fingerprint density at radius 3 is 1.06 bits per heavy atom. The smallest absolute Gasteiger partial charge is 0.160 e. The van der Waals surface area contributed by atoms with Crippen molar-refractivity contribution < 1.29 is 9.47 Å². The summed E-state index contributed by atoms with van der Waals surface area (Å²) in [5.74, 6) is 4.74. The van der Waals surface area contributed by atoms with Crippen LogP contribution in [0.1, 0.15) is 69.5 Å². The van der Waals surface area contributed by atoms with Crippen molar-refractivity contribution in [3.05, 3.63) is 395 Å². The Balaban J connectivity index is 0.643. The van der Waals surface area contributed by atoms with E-state index in [1.807, 2.05) is 30.3 Å². The van der Waals surface area contributed by atoms with Gasteiger partial charge < -0.3 is 9.47 Å². The highest BCUT2D eigenvalue weighted by Crippen LogP contribution is 2.65. The van der Waals surface area contributed by atoms with Gasteiger partial charge in [-0.3, -0.25) is 0 Å². The Bertz CT molecular complexity index is 6070. The zero-order valence-electron chi connectivity index (χ0n) is 56.4. The normalized spacial score (nSPS) is 14.1. The fourth-order valence-electron chi connectivity index (χ4n) is 17.7. The second-order valence-electron chi connectivity index (χ2n) is 28.3. The summed E-state index contributed by atoms with van der Waals surface area (Å²) >= 11 is 0. The average Bonchev–Trinajstić information content (AvgIpc) is 1.56. The van der Waals surface area contributed by atoms with Gasteiger partial charge in [-0.05, 0) is 156 Å². The van der Waals surface area contributed by atoms with E-state index in [1.54, 1.807) is 0 Å². The third-order valence-electron chi connectivity index (χ3n) is 22.5. The first kappa shape index (κ1) is 58.8. The van der Waals surface area contributed by atoms with Crippen LogP contribution in [0.4, 0.5) is 0 Å². The molecule has 3 aliphatic carbocycles. The van der Waals surface area contributed by atoms with Crippen LogP contribution in [0.2, 0.25) is 0 Å². The minimum Gasteiger partial charge on any atom is -0.457 e. The molecule has 21 rings (SSSR count). The molecule has 5 aliphatic rings. The SMILES string of the molecule is CC1(C)c2ccc(-c3ccc4c(c3)Oc3ccc(-c5ccc(-c6cc(-c7ccccc7)nc(-c7ccccc7)n6)cc5)cc3C43c4ccccc4-c4ccccc43)cc2-c2ccc(-c3cc(-c4ccc5c(c4)C4(c6ccccc6O5)c5ccccc5-c5ccccc54)nc(-c4ccccc4)n3)cc21. The third kappa shape index (κ3) is 8.74. The molecule has 0 bridgehead atoms. The first-order valence-corrected chi connectivity index (χ1v) is 35.4. The highest BCUT2D eigenvalue weighted by atomic mass is 16.5. The van der Waals surface area contributed by atoms with Gasteiger partial charge in [-0.2, -0.15) is 0 Å². The van der Waals surface area contributed by atoms with E-state index < -0.39 is 10.8 Å². The number of rotatable bonds is 8. The number of fused-ring (bicyclic) bond motifs is 21. The highest BCUT2D eigenvalue weighted by molar-refractivity contribution is 5.93. The van der Waals surface area contributed by atoms with Crippen LogP contribution in [0.5, 0.6) is 23.0 Å². The molecule has 6 heteroatoms. The Morgan fingerprint density at radius 2 is 0.524 bits per heavy atom. The molecule has 0 atom stereocenters. The van der Waals surface area contributed by atoms with Crippen LogP contribution in [-0.2, 0) is 16.2 Å². The van der Waals surface area contributed by atoms with Gasteiger partial charge in [0.2, 0.25) is 0 Å². The molecule has 0 amide bonds. The van der Waals surface area contributed by atoms with Crippen LogP contribution in [0, 0.1) is 0 Å². The first-order valence-electron chi connectivity index (χ1n) is 35.4. The second-order valence-corrected chi connectivity index (χ2v) is 28.3. The Hall–Kier alpha value is -13.2. The molecular weight excluding hydrogens is 1250 g/mol. The summed E-state index contributed by atoms with van der Waals surface area (Å²) in [7, 11) is 0. The lowest BCUT2D eigenvalue weighted by Crippen LogP contribution is -2.32. The summed E-state index contributed by atoms with van der Waals surface area (Å²) in [5.41, 5.74) is 31.6. The fourth-order valence-corrected chi connectivity index (χ4v) is 17.7. The summed E-state index contributed by atoms with van der Waals surface area (Å²) in [4.78, 5) is 21.1. The van der Waals surface area contributed by atoms with Gasteiger partial charge in [0.15, 0.2) is 11.6 Å². The van der Waals surface area contributed by atoms with Crippen molar-refractivity contribution in [1.29, 1.82) is 0 Å². The monoisotopic (exact) mass is 1310 g/mol. The first-order chi connectivity index (χ1) is 50.7. The number of benzene rings is 14. The topological polar surface area (TPSA) is 70.0 Å². The highest BCUT2D eigenvalue weighted by Gasteiger charge is 2.53. The summed E-state index contributed by atoms with van der Waals surface area (Å²) in [6.45, 7) is 4.71. The third-order valence-corrected chi connectivity index (χ3v) is 22.5. The van der Waals surface area contributed by atoms with Crippen LogP contribution >= 0.6 is 0 Å². The molecule has 2 aliphatic heterocycles. The molecule has 2 aromatic heterocycles. The van der Waals surface area contributed by atoms with E-state index in [2.05, 4.69) is 323 Å². The van der Waals surface area contributed by atoms with Crippen LogP contribution in [-0.4, -0.2) is 19.9 Å². The van der Waals surface area contributed by atoms with Crippen LogP contribution < -0.4 is 9.47 Å². The fraction of sp³-hybridized carbons (Fsp3) is 0.0515. The molecular formula is C97H62N4O2. The van der Waals surface area contributed by atoms with Gasteiger partial charge in [0, 0.05) is 61.0 Å². The Kier molecular flexibility index (Phi) is 12.8. The molecule has 6 nitrogen and oxygen atoms in total. The molecule has 2 spiro atoms. The van der Waals surface area contributed by atoms with Gasteiger partial charge in [0.25, 0.3) is 0 Å². The molecule has 0 fully saturated rings. The number of hydrogen-bond acceptors (Lipinski definition) is 6. The molecule has 482 valence electrons. The standard InChI is InChI=1S/C97H62N4O2/c1-95(2)75-48-43-64(52-74(75)73-47-42-67(54-82(73)95)87-58-88(101-94(100-87)63-26-10-5-11-27-63)68-46-51-90-84(55-68)96(80-36-20-21-37-89(80)102-90)76-32-16-12-28-69(76)70-29-13-17-33-77(70)96)66-44-49-81-92(56-66)103-91-50-45-65(53-83(91)97(81)78-34-18-14-30-71(78)72-31-15-19-35-79(72)97)59-38-40-61(41-39-59)86-57-85(60-22-6-3-7-23-60)98-93(99-86)62-24-8-4-9-25-62/h3-58H,1-2H3. The van der Waals surface area contributed by atoms with Crippen molar-refractivity contribution >= 4 is 0 Å². The minimum atomic E-state index is -0.668. The molecule has 0 radical (unpaired) electrons. The summed E-state index contributed by atoms with van der Waals surface area (Å²) in [6, 6.07) is 122. The molecule has 16 aromatic rings. The molecule has 4 heterocycles. The summed E-state index contributed by atoms with van der Waals surface area (Å²) < 4.78 is 14.2. The van der Waals surface area contributed by atoms with Crippen LogP contribution in [0.3, 0.4) is 0 Å². The van der Waals surface area contributed by atoms with Crippen molar-refractivity contribution in [2.45, 2.75) is 30.1 Å². The molecule has 0 unspecified atom stereocenters. The number of nitrogens with zero attached hydrogens (tertiary/aromatic N) is 4. The molecule has 0 saturated carbocycles. The Labute approximate surface area is 597 Å². The second kappa shape index (κ2) is 22.4. The van der Waals surface area contributed by atoms with Gasteiger partial charge in [0.1, 0.15) is 23.0 Å². The van der Waals surface area contributed by atoms with Gasteiger partial charge >= 0.3 is 0 Å². The number of hydrogen-bond donors (Lipinski definition) is 0.